The molecule has 0 spiro atoms. The Hall–Kier alpha value is -2.06. The van der Waals surface area contributed by atoms with E-state index in [1.807, 2.05) is 0 Å². The second-order valence-electron chi connectivity index (χ2n) is 5.60. The summed E-state index contributed by atoms with van der Waals surface area (Å²) in [6.07, 6.45) is 4.83. The van der Waals surface area contributed by atoms with E-state index in [4.69, 9.17) is 0 Å². The minimum Gasteiger partial charge on any atom is -0.295 e. The zero-order valence-electron chi connectivity index (χ0n) is 12.8. The number of sulfonamides is 1. The summed E-state index contributed by atoms with van der Waals surface area (Å²) in [6.45, 7) is 2.35. The van der Waals surface area contributed by atoms with Crippen molar-refractivity contribution < 1.29 is 13.2 Å². The van der Waals surface area contributed by atoms with E-state index >= 15 is 0 Å². The molecule has 0 aliphatic carbocycles. The first kappa shape index (κ1) is 15.8. The summed E-state index contributed by atoms with van der Waals surface area (Å²) in [5.41, 5.74) is 0.508. The highest BCUT2D eigenvalue weighted by atomic mass is 32.2. The van der Waals surface area contributed by atoms with Crippen LogP contribution in [0.1, 0.15) is 36.2 Å². The molecule has 0 bridgehead atoms. The van der Waals surface area contributed by atoms with Gasteiger partial charge in [-0.3, -0.25) is 4.79 Å². The van der Waals surface area contributed by atoms with E-state index in [9.17, 15) is 13.2 Å². The van der Waals surface area contributed by atoms with Gasteiger partial charge in [0.1, 0.15) is 0 Å². The van der Waals surface area contributed by atoms with Gasteiger partial charge in [0.25, 0.3) is 0 Å². The first-order valence-corrected chi connectivity index (χ1v) is 8.89. The quantitative estimate of drug-likeness (QED) is 0.791. The van der Waals surface area contributed by atoms with Crippen LogP contribution in [0.2, 0.25) is 0 Å². The topological polar surface area (TPSA) is 85.2 Å². The van der Waals surface area contributed by atoms with Gasteiger partial charge in [-0.2, -0.15) is 4.31 Å². The number of ketones is 1. The third-order valence-corrected chi connectivity index (χ3v) is 6.05. The number of benzene rings is 1. The number of rotatable bonds is 4. The van der Waals surface area contributed by atoms with Gasteiger partial charge in [0.2, 0.25) is 10.0 Å². The Balaban J connectivity index is 1.72. The van der Waals surface area contributed by atoms with Crippen molar-refractivity contribution in [3.63, 3.8) is 0 Å². The number of hydrogen-bond acceptors (Lipinski definition) is 5. The maximum atomic E-state index is 12.7. The number of carbonyl (C=O) groups is 1. The minimum absolute atomic E-state index is 0.0809. The lowest BCUT2D eigenvalue weighted by Gasteiger charge is -2.31. The van der Waals surface area contributed by atoms with E-state index in [1.165, 1.54) is 23.4 Å². The smallest absolute Gasteiger partial charge is 0.243 e. The van der Waals surface area contributed by atoms with Gasteiger partial charge in [0.05, 0.1) is 17.1 Å². The van der Waals surface area contributed by atoms with Crippen LogP contribution in [0.15, 0.2) is 41.6 Å². The molecule has 23 heavy (non-hydrogen) atoms. The Morgan fingerprint density at radius 2 is 1.83 bits per heavy atom. The highest BCUT2D eigenvalue weighted by molar-refractivity contribution is 7.89. The molecular weight excluding hydrogens is 316 g/mol. The first-order valence-electron chi connectivity index (χ1n) is 7.45. The van der Waals surface area contributed by atoms with Crippen molar-refractivity contribution in [2.24, 2.45) is 0 Å². The molecule has 1 aromatic carbocycles. The average Bonchev–Trinajstić information content (AvgIpc) is 3.09. The molecule has 0 unspecified atom stereocenters. The van der Waals surface area contributed by atoms with Gasteiger partial charge in [-0.25, -0.2) is 13.1 Å². The zero-order chi connectivity index (χ0) is 16.4. The maximum absolute atomic E-state index is 12.7. The summed E-state index contributed by atoms with van der Waals surface area (Å²) in [5, 5.41) is 7.77. The molecule has 1 aliphatic heterocycles. The summed E-state index contributed by atoms with van der Waals surface area (Å²) < 4.78 is 28.6. The fourth-order valence-corrected chi connectivity index (χ4v) is 4.24. The Morgan fingerprint density at radius 3 is 2.35 bits per heavy atom. The third-order valence-electron chi connectivity index (χ3n) is 4.14. The fourth-order valence-electron chi connectivity index (χ4n) is 2.77. The second kappa shape index (κ2) is 6.21. The highest BCUT2D eigenvalue weighted by Crippen LogP contribution is 2.26. The number of carbonyl (C=O) groups excluding carboxylic acids is 1. The van der Waals surface area contributed by atoms with Gasteiger partial charge in [-0.1, -0.05) is 17.3 Å². The Bertz CT molecular complexity index is 777. The molecule has 0 saturated carbocycles. The van der Waals surface area contributed by atoms with Crippen LogP contribution in [0, 0.1) is 0 Å². The van der Waals surface area contributed by atoms with Crippen LogP contribution in [0.25, 0.3) is 0 Å². The molecular formula is C15H18N4O3S. The Labute approximate surface area is 135 Å². The average molecular weight is 334 g/mol. The van der Waals surface area contributed by atoms with E-state index in [1.54, 1.807) is 29.2 Å². The van der Waals surface area contributed by atoms with Crippen molar-refractivity contribution in [2.45, 2.75) is 30.7 Å². The summed E-state index contributed by atoms with van der Waals surface area (Å²) in [6, 6.07) is 6.28. The predicted octanol–water partition coefficient (Wildman–Crippen LogP) is 1.51. The van der Waals surface area contributed by atoms with Gasteiger partial charge >= 0.3 is 0 Å². The number of aromatic nitrogens is 3. The van der Waals surface area contributed by atoms with Crippen LogP contribution in [0.4, 0.5) is 0 Å². The molecule has 1 aromatic heterocycles. The van der Waals surface area contributed by atoms with Crippen LogP contribution >= 0.6 is 0 Å². The number of hydrogen-bond donors (Lipinski definition) is 0. The molecule has 2 heterocycles. The normalized spacial score (nSPS) is 17.3. The molecule has 8 heteroatoms. The van der Waals surface area contributed by atoms with Gasteiger partial charge in [-0.05, 0) is 31.9 Å². The highest BCUT2D eigenvalue weighted by Gasteiger charge is 2.30. The number of nitrogens with zero attached hydrogens (tertiary/aromatic N) is 4. The van der Waals surface area contributed by atoms with Crippen molar-refractivity contribution in [1.82, 2.24) is 19.3 Å². The van der Waals surface area contributed by atoms with E-state index in [0.29, 0.717) is 31.5 Å². The van der Waals surface area contributed by atoms with Crippen LogP contribution in [-0.2, 0) is 10.0 Å². The molecule has 0 atom stereocenters. The Kier molecular flexibility index (Phi) is 4.27. The van der Waals surface area contributed by atoms with Crippen molar-refractivity contribution in [3.05, 3.63) is 42.2 Å². The largest absolute Gasteiger partial charge is 0.295 e. The van der Waals surface area contributed by atoms with Crippen molar-refractivity contribution >= 4 is 15.8 Å². The molecule has 1 saturated heterocycles. The lowest BCUT2D eigenvalue weighted by Crippen LogP contribution is -2.39. The van der Waals surface area contributed by atoms with Crippen molar-refractivity contribution in [3.8, 4) is 0 Å². The van der Waals surface area contributed by atoms with Gasteiger partial charge in [0, 0.05) is 24.8 Å². The lowest BCUT2D eigenvalue weighted by atomic mass is 10.1. The molecule has 1 fully saturated rings. The van der Waals surface area contributed by atoms with Crippen LogP contribution in [0.5, 0.6) is 0 Å². The zero-order valence-corrected chi connectivity index (χ0v) is 13.6. The molecule has 0 amide bonds. The summed E-state index contributed by atoms with van der Waals surface area (Å²) >= 11 is 0. The first-order chi connectivity index (χ1) is 11.0. The van der Waals surface area contributed by atoms with E-state index < -0.39 is 10.0 Å². The summed E-state index contributed by atoms with van der Waals surface area (Å²) in [5.74, 6) is -0.0809. The van der Waals surface area contributed by atoms with E-state index in [-0.39, 0.29) is 16.7 Å². The number of Topliss-reactive ketones (excluding diaryl/α,β-unsaturated/α-hetero) is 1. The SMILES string of the molecule is CC(=O)c1ccc(S(=O)(=O)N2CCC(n3ccnn3)CC2)cc1. The predicted molar refractivity (Wildman–Crippen MR) is 83.5 cm³/mol. The van der Waals surface area contributed by atoms with Gasteiger partial charge in [0.15, 0.2) is 5.78 Å². The molecule has 7 nitrogen and oxygen atoms in total. The molecule has 0 radical (unpaired) electrons. The molecule has 122 valence electrons. The van der Waals surface area contributed by atoms with Gasteiger partial charge < -0.3 is 0 Å². The number of piperidine rings is 1. The molecule has 0 N–H and O–H groups in total. The fraction of sp³-hybridized carbons (Fsp3) is 0.400. The minimum atomic E-state index is -3.52. The monoisotopic (exact) mass is 334 g/mol. The Morgan fingerprint density at radius 1 is 1.17 bits per heavy atom. The maximum Gasteiger partial charge on any atom is 0.243 e. The molecule has 1 aliphatic rings. The van der Waals surface area contributed by atoms with Crippen LogP contribution < -0.4 is 0 Å². The van der Waals surface area contributed by atoms with Crippen molar-refractivity contribution in [2.75, 3.05) is 13.1 Å². The second-order valence-corrected chi connectivity index (χ2v) is 7.54. The van der Waals surface area contributed by atoms with Crippen LogP contribution in [0.3, 0.4) is 0 Å². The third kappa shape index (κ3) is 3.18. The standard InChI is InChI=1S/C15H18N4O3S/c1-12(20)13-2-4-15(5-3-13)23(21,22)18-9-6-14(7-10-18)19-11-8-16-17-19/h2-5,8,11,14H,6-7,9-10H2,1H3. The van der Waals surface area contributed by atoms with E-state index in [2.05, 4.69) is 10.3 Å². The van der Waals surface area contributed by atoms with E-state index in [0.717, 1.165) is 0 Å². The molecule has 2 aromatic rings. The summed E-state index contributed by atoms with van der Waals surface area (Å²) in [4.78, 5) is 11.5. The lowest BCUT2D eigenvalue weighted by molar-refractivity contribution is 0.101. The van der Waals surface area contributed by atoms with Gasteiger partial charge in [-0.15, -0.1) is 5.10 Å². The molecule has 3 rings (SSSR count). The van der Waals surface area contributed by atoms with Crippen molar-refractivity contribution in [1.29, 1.82) is 0 Å². The van der Waals surface area contributed by atoms with Crippen LogP contribution in [-0.4, -0.2) is 46.6 Å². The summed E-state index contributed by atoms with van der Waals surface area (Å²) in [7, 11) is -3.52.